The van der Waals surface area contributed by atoms with E-state index in [1.807, 2.05) is 0 Å². The Hall–Kier alpha value is -2.24. The van der Waals surface area contributed by atoms with E-state index in [0.29, 0.717) is 5.56 Å². The van der Waals surface area contributed by atoms with Crippen molar-refractivity contribution in [2.45, 2.75) is 25.8 Å². The van der Waals surface area contributed by atoms with Crippen LogP contribution >= 0.6 is 0 Å². The van der Waals surface area contributed by atoms with E-state index in [9.17, 15) is 18.8 Å². The molecule has 1 heterocycles. The Bertz CT molecular complexity index is 584. The third-order valence-electron chi connectivity index (χ3n) is 3.33. The van der Waals surface area contributed by atoms with Crippen LogP contribution in [0.3, 0.4) is 0 Å². The van der Waals surface area contributed by atoms with E-state index in [0.717, 1.165) is 0 Å². The highest BCUT2D eigenvalue weighted by Gasteiger charge is 2.43. The number of piperazine rings is 1. The van der Waals surface area contributed by atoms with Gasteiger partial charge in [0.1, 0.15) is 17.9 Å². The molecule has 0 unspecified atom stereocenters. The van der Waals surface area contributed by atoms with Crippen molar-refractivity contribution in [3.63, 3.8) is 0 Å². The van der Waals surface area contributed by atoms with Gasteiger partial charge in [-0.1, -0.05) is 12.1 Å². The number of halogens is 1. The van der Waals surface area contributed by atoms with E-state index < -0.39 is 23.2 Å². The molecule has 2 rings (SSSR count). The minimum Gasteiger partial charge on any atom is -0.319 e. The number of benzene rings is 1. The van der Waals surface area contributed by atoms with Gasteiger partial charge in [-0.05, 0) is 31.5 Å². The summed E-state index contributed by atoms with van der Waals surface area (Å²) >= 11 is 0. The standard InChI is InChI=1S/C14H15FN2O3/c1-14(2)13(20)16-11(18)8-17(14)12(19)7-9-4-3-5-10(15)6-9/h3-6H,7-8H2,1-2H3,(H,16,18,20). The van der Waals surface area contributed by atoms with Crippen molar-refractivity contribution >= 4 is 17.7 Å². The molecule has 0 saturated carbocycles. The lowest BCUT2D eigenvalue weighted by Gasteiger charge is -2.40. The fourth-order valence-electron chi connectivity index (χ4n) is 2.10. The molecule has 0 atom stereocenters. The third-order valence-corrected chi connectivity index (χ3v) is 3.33. The van der Waals surface area contributed by atoms with Crippen LogP contribution in [0.4, 0.5) is 4.39 Å². The van der Waals surface area contributed by atoms with Crippen molar-refractivity contribution in [2.24, 2.45) is 0 Å². The molecule has 0 spiro atoms. The first-order valence-corrected chi connectivity index (χ1v) is 6.20. The number of rotatable bonds is 2. The highest BCUT2D eigenvalue weighted by Crippen LogP contribution is 2.19. The summed E-state index contributed by atoms with van der Waals surface area (Å²) in [6, 6.07) is 5.68. The Kier molecular flexibility index (Phi) is 3.57. The predicted molar refractivity (Wildman–Crippen MR) is 69.0 cm³/mol. The lowest BCUT2D eigenvalue weighted by molar-refractivity contribution is -0.155. The lowest BCUT2D eigenvalue weighted by atomic mass is 9.97. The van der Waals surface area contributed by atoms with Gasteiger partial charge in [-0.25, -0.2) is 4.39 Å². The summed E-state index contributed by atoms with van der Waals surface area (Å²) in [7, 11) is 0. The molecule has 1 N–H and O–H groups in total. The second-order valence-corrected chi connectivity index (χ2v) is 5.22. The van der Waals surface area contributed by atoms with Gasteiger partial charge < -0.3 is 4.90 Å². The molecule has 6 heteroatoms. The highest BCUT2D eigenvalue weighted by molar-refractivity contribution is 6.06. The molecule has 0 aliphatic carbocycles. The molecule has 106 valence electrons. The quantitative estimate of drug-likeness (QED) is 0.807. The summed E-state index contributed by atoms with van der Waals surface area (Å²) in [5.74, 6) is -1.84. The maximum Gasteiger partial charge on any atom is 0.252 e. The van der Waals surface area contributed by atoms with Gasteiger partial charge in [0.2, 0.25) is 11.8 Å². The van der Waals surface area contributed by atoms with Crippen LogP contribution < -0.4 is 5.32 Å². The number of hydrogen-bond donors (Lipinski definition) is 1. The van der Waals surface area contributed by atoms with Gasteiger partial charge in [-0.3, -0.25) is 19.7 Å². The van der Waals surface area contributed by atoms with E-state index in [-0.39, 0.29) is 18.9 Å². The average Bonchev–Trinajstić information content (AvgIpc) is 2.34. The zero-order valence-electron chi connectivity index (χ0n) is 11.3. The smallest absolute Gasteiger partial charge is 0.252 e. The Morgan fingerprint density at radius 2 is 2.10 bits per heavy atom. The summed E-state index contributed by atoms with van der Waals surface area (Å²) in [6.45, 7) is 2.96. The second-order valence-electron chi connectivity index (χ2n) is 5.22. The van der Waals surface area contributed by atoms with Crippen molar-refractivity contribution in [1.82, 2.24) is 10.2 Å². The lowest BCUT2D eigenvalue weighted by Crippen LogP contribution is -2.65. The summed E-state index contributed by atoms with van der Waals surface area (Å²) < 4.78 is 13.1. The van der Waals surface area contributed by atoms with Crippen LogP contribution in [0.1, 0.15) is 19.4 Å². The number of imide groups is 1. The summed E-state index contributed by atoms with van der Waals surface area (Å²) in [6.07, 6.45) is -0.0538. The first-order chi connectivity index (χ1) is 9.30. The van der Waals surface area contributed by atoms with Gasteiger partial charge in [0.15, 0.2) is 0 Å². The molecule has 0 aromatic heterocycles. The zero-order valence-corrected chi connectivity index (χ0v) is 11.3. The van der Waals surface area contributed by atoms with E-state index >= 15 is 0 Å². The molecule has 1 fully saturated rings. The topological polar surface area (TPSA) is 66.5 Å². The Balaban J connectivity index is 2.19. The van der Waals surface area contributed by atoms with Crippen LogP contribution in [-0.2, 0) is 20.8 Å². The van der Waals surface area contributed by atoms with Gasteiger partial charge in [0.05, 0.1) is 6.42 Å². The molecule has 20 heavy (non-hydrogen) atoms. The first kappa shape index (κ1) is 14.2. The van der Waals surface area contributed by atoms with Crippen LogP contribution in [0.5, 0.6) is 0 Å². The Labute approximate surface area is 115 Å². The monoisotopic (exact) mass is 278 g/mol. The number of hydrogen-bond acceptors (Lipinski definition) is 3. The van der Waals surface area contributed by atoms with Gasteiger partial charge >= 0.3 is 0 Å². The Morgan fingerprint density at radius 3 is 2.75 bits per heavy atom. The minimum atomic E-state index is -1.10. The van der Waals surface area contributed by atoms with E-state index in [4.69, 9.17) is 0 Å². The zero-order chi connectivity index (χ0) is 14.9. The molecule has 1 aliphatic heterocycles. The minimum absolute atomic E-state index is 0.0538. The van der Waals surface area contributed by atoms with Gasteiger partial charge in [-0.2, -0.15) is 0 Å². The Morgan fingerprint density at radius 1 is 1.40 bits per heavy atom. The van der Waals surface area contributed by atoms with Crippen LogP contribution in [0.15, 0.2) is 24.3 Å². The fraction of sp³-hybridized carbons (Fsp3) is 0.357. The number of nitrogens with zero attached hydrogens (tertiary/aromatic N) is 1. The van der Waals surface area contributed by atoms with E-state index in [2.05, 4.69) is 5.32 Å². The fourth-order valence-corrected chi connectivity index (χ4v) is 2.10. The van der Waals surface area contributed by atoms with Crippen molar-refractivity contribution in [3.8, 4) is 0 Å². The molecule has 3 amide bonds. The van der Waals surface area contributed by atoms with Crippen molar-refractivity contribution in [1.29, 1.82) is 0 Å². The molecule has 1 aliphatic rings. The van der Waals surface area contributed by atoms with Gasteiger partial charge in [0.25, 0.3) is 5.91 Å². The van der Waals surface area contributed by atoms with Crippen molar-refractivity contribution in [3.05, 3.63) is 35.6 Å². The number of amides is 3. The predicted octanol–water partition coefficient (Wildman–Crippen LogP) is 0.632. The molecule has 1 aromatic rings. The molecular weight excluding hydrogens is 263 g/mol. The highest BCUT2D eigenvalue weighted by atomic mass is 19.1. The van der Waals surface area contributed by atoms with E-state index in [1.165, 1.54) is 23.1 Å². The van der Waals surface area contributed by atoms with Crippen LogP contribution in [0, 0.1) is 5.82 Å². The molecule has 5 nitrogen and oxygen atoms in total. The second kappa shape index (κ2) is 5.03. The molecule has 1 aromatic carbocycles. The number of nitrogens with one attached hydrogen (secondary N) is 1. The third kappa shape index (κ3) is 2.68. The largest absolute Gasteiger partial charge is 0.319 e. The molecule has 1 saturated heterocycles. The van der Waals surface area contributed by atoms with Crippen LogP contribution in [0.25, 0.3) is 0 Å². The molecule has 0 bridgehead atoms. The summed E-state index contributed by atoms with van der Waals surface area (Å²) in [5.41, 5.74) is -0.595. The van der Waals surface area contributed by atoms with Crippen molar-refractivity contribution in [2.75, 3.05) is 6.54 Å². The average molecular weight is 278 g/mol. The number of carbonyl (C=O) groups is 3. The SMILES string of the molecule is CC1(C)C(=O)NC(=O)CN1C(=O)Cc1cccc(F)c1. The normalized spacial score (nSPS) is 17.9. The van der Waals surface area contributed by atoms with Gasteiger partial charge in [0, 0.05) is 0 Å². The maximum atomic E-state index is 13.1. The van der Waals surface area contributed by atoms with Gasteiger partial charge in [-0.15, -0.1) is 0 Å². The van der Waals surface area contributed by atoms with Crippen molar-refractivity contribution < 1.29 is 18.8 Å². The summed E-state index contributed by atoms with van der Waals surface area (Å²) in [4.78, 5) is 36.6. The van der Waals surface area contributed by atoms with Crippen LogP contribution in [-0.4, -0.2) is 34.7 Å². The maximum absolute atomic E-state index is 13.1. The molecule has 0 radical (unpaired) electrons. The number of carbonyl (C=O) groups excluding carboxylic acids is 3. The molecular formula is C14H15FN2O3. The summed E-state index contributed by atoms with van der Waals surface area (Å²) in [5, 5.41) is 2.20. The van der Waals surface area contributed by atoms with E-state index in [1.54, 1.807) is 19.9 Å². The van der Waals surface area contributed by atoms with Crippen LogP contribution in [0.2, 0.25) is 0 Å². The first-order valence-electron chi connectivity index (χ1n) is 6.20.